The van der Waals surface area contributed by atoms with E-state index in [-0.39, 0.29) is 40.7 Å². The number of carbonyl (C=O) groups is 2. The van der Waals surface area contributed by atoms with E-state index in [0.29, 0.717) is 32.1 Å². The van der Waals surface area contributed by atoms with Gasteiger partial charge in [0.05, 0.1) is 17.5 Å². The van der Waals surface area contributed by atoms with Crippen LogP contribution in [0.2, 0.25) is 0 Å². The van der Waals surface area contributed by atoms with Crippen LogP contribution in [0.25, 0.3) is 0 Å². The number of rotatable bonds is 5. The van der Waals surface area contributed by atoms with Gasteiger partial charge in [-0.3, -0.25) is 13.8 Å². The summed E-state index contributed by atoms with van der Waals surface area (Å²) in [7, 11) is -1.59. The predicted octanol–water partition coefficient (Wildman–Crippen LogP) is 2.88. The molecule has 0 aliphatic heterocycles. The summed E-state index contributed by atoms with van der Waals surface area (Å²) in [4.78, 5) is 26.7. The fourth-order valence-corrected chi connectivity index (χ4v) is 9.75. The van der Waals surface area contributed by atoms with E-state index in [1.54, 1.807) is 6.08 Å². The summed E-state index contributed by atoms with van der Waals surface area (Å²) in [6.07, 6.45) is 4.54. The highest BCUT2D eigenvalue weighted by molar-refractivity contribution is 7.86. The fraction of sp³-hybridized carbons (Fsp3) is 0.857. The first-order chi connectivity index (χ1) is 16.8. The van der Waals surface area contributed by atoms with E-state index in [2.05, 4.69) is 27.4 Å². The van der Waals surface area contributed by atoms with Crippen LogP contribution in [-0.4, -0.2) is 61.5 Å². The monoisotopic (exact) mass is 523 g/mol. The number of ether oxygens (including phenoxy) is 1. The molecule has 4 aliphatic rings. The van der Waals surface area contributed by atoms with Crippen molar-refractivity contribution < 1.29 is 28.7 Å². The molecular weight excluding hydrogens is 478 g/mol. The molecule has 0 aromatic carbocycles. The number of ketones is 1. The van der Waals surface area contributed by atoms with E-state index in [0.717, 1.165) is 19.3 Å². The lowest BCUT2D eigenvalue weighted by Gasteiger charge is -2.61. The molecule has 0 aromatic heterocycles. The maximum Gasteiger partial charge on any atom is 0.318 e. The van der Waals surface area contributed by atoms with Gasteiger partial charge in [0.25, 0.3) is 0 Å². The van der Waals surface area contributed by atoms with Crippen molar-refractivity contribution in [3.05, 3.63) is 12.7 Å². The Morgan fingerprint density at radius 1 is 1.22 bits per heavy atom. The van der Waals surface area contributed by atoms with Crippen LogP contribution < -0.4 is 5.73 Å². The summed E-state index contributed by atoms with van der Waals surface area (Å²) in [6, 6.07) is -0.113. The van der Waals surface area contributed by atoms with Crippen LogP contribution in [-0.2, 0) is 25.1 Å². The Morgan fingerprint density at radius 3 is 2.56 bits per heavy atom. The largest absolute Gasteiger partial charge is 0.461 e. The Kier molecular flexibility index (Phi) is 7.68. The third-order valence-electron chi connectivity index (χ3n) is 11.0. The molecule has 204 valence electrons. The molecule has 0 heterocycles. The van der Waals surface area contributed by atoms with Crippen LogP contribution in [0.5, 0.6) is 0 Å². The molecule has 0 radical (unpaired) electrons. The van der Waals surface area contributed by atoms with E-state index in [1.165, 1.54) is 0 Å². The van der Waals surface area contributed by atoms with Crippen LogP contribution >= 0.6 is 0 Å². The maximum absolute atomic E-state index is 13.5. The SMILES string of the molecule is C=C[C@]1(C)C[C@@H](OC(=O)CS(=O)C2CC[C@@H](N)C[C@H]2O)[C@]2(C)[C@H](C)CC[C@]3(CCC(=O)[C@H]32)[C@@H](C)[C@@H]1O. The van der Waals surface area contributed by atoms with Crippen molar-refractivity contribution in [3.63, 3.8) is 0 Å². The average Bonchev–Trinajstić information content (AvgIpc) is 3.17. The molecule has 4 saturated carbocycles. The highest BCUT2D eigenvalue weighted by Crippen LogP contribution is 2.68. The molecule has 8 heteroatoms. The van der Waals surface area contributed by atoms with Gasteiger partial charge in [-0.2, -0.15) is 0 Å². The molecule has 2 bridgehead atoms. The van der Waals surface area contributed by atoms with E-state index in [1.807, 2.05) is 6.92 Å². The van der Waals surface area contributed by atoms with Crippen molar-refractivity contribution in [1.29, 1.82) is 0 Å². The zero-order chi connectivity index (χ0) is 26.6. The lowest BCUT2D eigenvalue weighted by atomic mass is 9.44. The summed E-state index contributed by atoms with van der Waals surface area (Å²) in [5.41, 5.74) is 4.28. The smallest absolute Gasteiger partial charge is 0.318 e. The standard InChI is InChI=1S/C28H45NO6S/c1-6-26(4)14-22(35-23(32)15-36(34)21-8-7-18(29)13-20(21)31)27(5)16(2)9-11-28(17(3)25(26)33)12-10-19(30)24(27)28/h6,16-18,20-22,24-25,31,33H,1,7-15,29H2,2-5H3/t16-,17+,18-,20-,21?,22-,24+,25+,26-,27+,28+,36?/m1/s1. The molecule has 12 atom stereocenters. The van der Waals surface area contributed by atoms with Crippen molar-refractivity contribution in [2.45, 2.75) is 109 Å². The first-order valence-electron chi connectivity index (χ1n) is 13.6. The van der Waals surface area contributed by atoms with E-state index in [9.17, 15) is 24.0 Å². The topological polar surface area (TPSA) is 127 Å². The molecule has 0 saturated heterocycles. The zero-order valence-electron chi connectivity index (χ0n) is 22.3. The Balaban J connectivity index is 1.65. The van der Waals surface area contributed by atoms with Gasteiger partial charge in [-0.25, -0.2) is 0 Å². The van der Waals surface area contributed by atoms with Crippen LogP contribution in [0.4, 0.5) is 0 Å². The highest BCUT2D eigenvalue weighted by Gasteiger charge is 2.68. The van der Waals surface area contributed by atoms with Crippen LogP contribution in [0.3, 0.4) is 0 Å². The maximum atomic E-state index is 13.5. The quantitative estimate of drug-likeness (QED) is 0.373. The molecule has 0 aromatic rings. The molecular formula is C28H45NO6S. The van der Waals surface area contributed by atoms with Gasteiger partial charge in [-0.15, -0.1) is 6.58 Å². The molecule has 36 heavy (non-hydrogen) atoms. The zero-order valence-corrected chi connectivity index (χ0v) is 23.1. The Bertz CT molecular complexity index is 926. The first kappa shape index (κ1) is 27.9. The van der Waals surface area contributed by atoms with Crippen LogP contribution in [0.15, 0.2) is 12.7 Å². The number of Topliss-reactive ketones (excluding diaryl/α,β-unsaturated/α-hetero) is 1. The van der Waals surface area contributed by atoms with Gasteiger partial charge in [-0.05, 0) is 62.2 Å². The minimum atomic E-state index is -1.59. The van der Waals surface area contributed by atoms with Crippen molar-refractivity contribution in [2.75, 3.05) is 5.75 Å². The summed E-state index contributed by atoms with van der Waals surface area (Å²) in [6.45, 7) is 12.3. The van der Waals surface area contributed by atoms with Crippen molar-refractivity contribution >= 4 is 22.6 Å². The third kappa shape index (κ3) is 4.34. The number of nitrogens with two attached hydrogens (primary N) is 1. The summed E-state index contributed by atoms with van der Waals surface area (Å²) in [5.74, 6) is -0.920. The first-order valence-corrected chi connectivity index (χ1v) is 15.0. The molecule has 4 fully saturated rings. The average molecular weight is 524 g/mol. The molecule has 7 nitrogen and oxygen atoms in total. The molecule has 2 unspecified atom stereocenters. The van der Waals surface area contributed by atoms with E-state index in [4.69, 9.17) is 10.5 Å². The normalized spacial score (nSPS) is 49.9. The Hall–Kier alpha value is -1.09. The second-order valence-corrected chi connectivity index (χ2v) is 14.4. The number of hydrogen-bond acceptors (Lipinski definition) is 7. The molecule has 4 rings (SSSR count). The summed E-state index contributed by atoms with van der Waals surface area (Å²) < 4.78 is 19.2. The fourth-order valence-electron chi connectivity index (χ4n) is 8.37. The van der Waals surface area contributed by atoms with Gasteiger partial charge in [0.15, 0.2) is 0 Å². The van der Waals surface area contributed by atoms with Crippen molar-refractivity contribution in [2.24, 2.45) is 39.7 Å². The molecule has 0 amide bonds. The van der Waals surface area contributed by atoms with Gasteiger partial charge in [0.2, 0.25) is 0 Å². The van der Waals surface area contributed by atoms with Gasteiger partial charge >= 0.3 is 5.97 Å². The lowest BCUT2D eigenvalue weighted by Crippen LogP contribution is -2.63. The molecule has 4 aliphatic carbocycles. The second-order valence-electron chi connectivity index (χ2n) is 12.8. The van der Waals surface area contributed by atoms with Gasteiger partial charge in [0.1, 0.15) is 17.6 Å². The summed E-state index contributed by atoms with van der Waals surface area (Å²) >= 11 is 0. The third-order valence-corrected chi connectivity index (χ3v) is 12.7. The Morgan fingerprint density at radius 2 is 1.92 bits per heavy atom. The summed E-state index contributed by atoms with van der Waals surface area (Å²) in [5, 5.41) is 21.5. The van der Waals surface area contributed by atoms with Crippen molar-refractivity contribution in [3.8, 4) is 0 Å². The van der Waals surface area contributed by atoms with E-state index < -0.39 is 51.2 Å². The lowest BCUT2D eigenvalue weighted by molar-refractivity contribution is -0.205. The highest BCUT2D eigenvalue weighted by atomic mass is 32.2. The number of carbonyl (C=O) groups excluding carboxylic acids is 2. The van der Waals surface area contributed by atoms with Gasteiger partial charge in [-0.1, -0.05) is 33.8 Å². The second kappa shape index (κ2) is 9.90. The minimum absolute atomic E-state index is 0.0907. The number of aliphatic hydroxyl groups excluding tert-OH is 2. The predicted molar refractivity (Wildman–Crippen MR) is 139 cm³/mol. The molecule has 0 spiro atoms. The van der Waals surface area contributed by atoms with Gasteiger partial charge < -0.3 is 20.7 Å². The van der Waals surface area contributed by atoms with Crippen molar-refractivity contribution in [1.82, 2.24) is 0 Å². The van der Waals surface area contributed by atoms with Gasteiger partial charge in [0, 0.05) is 40.0 Å². The Labute approximate surface area is 218 Å². The molecule has 4 N–H and O–H groups in total. The number of esters is 1. The van der Waals surface area contributed by atoms with Crippen LogP contribution in [0, 0.1) is 34.0 Å². The number of aliphatic hydroxyl groups is 2. The van der Waals surface area contributed by atoms with E-state index >= 15 is 0 Å². The number of hydrogen-bond donors (Lipinski definition) is 3. The minimum Gasteiger partial charge on any atom is -0.461 e. The van der Waals surface area contributed by atoms with Crippen LogP contribution in [0.1, 0.15) is 79.1 Å².